The van der Waals surface area contributed by atoms with Gasteiger partial charge in [0, 0.05) is 11.6 Å². The summed E-state index contributed by atoms with van der Waals surface area (Å²) >= 11 is 1.71. The third-order valence-corrected chi connectivity index (χ3v) is 2.99. The Morgan fingerprint density at radius 2 is 1.45 bits per heavy atom. The van der Waals surface area contributed by atoms with Gasteiger partial charge in [0.05, 0.1) is 18.0 Å². The van der Waals surface area contributed by atoms with Crippen LogP contribution in [0.1, 0.15) is 0 Å². The highest BCUT2D eigenvalue weighted by molar-refractivity contribution is 7.07. The summed E-state index contributed by atoms with van der Waals surface area (Å²) in [6.45, 7) is 0. The lowest BCUT2D eigenvalue weighted by Crippen LogP contribution is -1.73. The van der Waals surface area contributed by atoms with Crippen molar-refractivity contribution in [2.24, 2.45) is 0 Å². The standard InChI is InChI=1S/C9H7N.C4H4O.C4H4S/c1-2-6-9-8(4-1)5-3-7-10-9;2*1-2-4-5-3-1/h1-7H;2*1-4H. The molecular formula is C17H15NOS. The first-order chi connectivity index (χ1) is 9.97. The molecule has 0 aliphatic heterocycles. The van der Waals surface area contributed by atoms with Gasteiger partial charge in [0.15, 0.2) is 0 Å². The molecule has 3 aromatic heterocycles. The van der Waals surface area contributed by atoms with Crippen LogP contribution in [0.25, 0.3) is 10.9 Å². The molecule has 0 spiro atoms. The van der Waals surface area contributed by atoms with Gasteiger partial charge in [-0.15, -0.1) is 0 Å². The van der Waals surface area contributed by atoms with Gasteiger partial charge in [0.2, 0.25) is 0 Å². The summed E-state index contributed by atoms with van der Waals surface area (Å²) in [7, 11) is 0. The van der Waals surface area contributed by atoms with Crippen LogP contribution in [0.15, 0.2) is 94.6 Å². The molecule has 0 radical (unpaired) electrons. The number of rotatable bonds is 0. The van der Waals surface area contributed by atoms with E-state index >= 15 is 0 Å². The van der Waals surface area contributed by atoms with Crippen molar-refractivity contribution in [3.8, 4) is 0 Å². The maximum Gasteiger partial charge on any atom is 0.0902 e. The van der Waals surface area contributed by atoms with E-state index in [1.54, 1.807) is 23.9 Å². The molecule has 0 saturated heterocycles. The Hall–Kier alpha value is -2.39. The molecule has 0 saturated carbocycles. The third-order valence-electron chi connectivity index (χ3n) is 2.36. The maximum atomic E-state index is 4.58. The number of furan rings is 1. The molecule has 0 atom stereocenters. The van der Waals surface area contributed by atoms with E-state index < -0.39 is 0 Å². The zero-order chi connectivity index (χ0) is 13.9. The first kappa shape index (κ1) is 14.0. The molecule has 0 amide bonds. The third kappa shape index (κ3) is 5.08. The molecule has 0 fully saturated rings. The van der Waals surface area contributed by atoms with E-state index in [1.807, 2.05) is 65.5 Å². The number of pyridine rings is 1. The van der Waals surface area contributed by atoms with Crippen molar-refractivity contribution in [2.75, 3.05) is 0 Å². The lowest BCUT2D eigenvalue weighted by Gasteiger charge is -1.91. The summed E-state index contributed by atoms with van der Waals surface area (Å²) in [6, 6.07) is 19.8. The van der Waals surface area contributed by atoms with E-state index in [0.29, 0.717) is 0 Å². The van der Waals surface area contributed by atoms with Crippen LogP contribution in [-0.2, 0) is 0 Å². The molecule has 100 valence electrons. The zero-order valence-electron chi connectivity index (χ0n) is 10.9. The normalized spacial score (nSPS) is 9.00. The summed E-state index contributed by atoms with van der Waals surface area (Å²) in [5.41, 5.74) is 1.06. The van der Waals surface area contributed by atoms with Crippen LogP contribution in [0.4, 0.5) is 0 Å². The van der Waals surface area contributed by atoms with Gasteiger partial charge in [-0.25, -0.2) is 0 Å². The van der Waals surface area contributed by atoms with Crippen LogP contribution < -0.4 is 0 Å². The van der Waals surface area contributed by atoms with Gasteiger partial charge in [-0.3, -0.25) is 4.98 Å². The van der Waals surface area contributed by atoms with Gasteiger partial charge in [0.25, 0.3) is 0 Å². The van der Waals surface area contributed by atoms with E-state index in [0.717, 1.165) is 5.52 Å². The molecule has 3 heteroatoms. The maximum absolute atomic E-state index is 4.58. The molecule has 0 aliphatic carbocycles. The Morgan fingerprint density at radius 3 is 2.00 bits per heavy atom. The molecular weight excluding hydrogens is 266 g/mol. The van der Waals surface area contributed by atoms with Crippen molar-refractivity contribution in [1.29, 1.82) is 0 Å². The predicted octanol–water partition coefficient (Wildman–Crippen LogP) is 5.26. The molecule has 0 aliphatic rings. The largest absolute Gasteiger partial charge is 0.473 e. The van der Waals surface area contributed by atoms with Crippen molar-refractivity contribution < 1.29 is 4.42 Å². The van der Waals surface area contributed by atoms with E-state index in [-0.39, 0.29) is 0 Å². The van der Waals surface area contributed by atoms with Crippen LogP contribution in [-0.4, -0.2) is 4.98 Å². The Bertz CT molecular complexity index is 549. The number of fused-ring (bicyclic) bond motifs is 1. The fourth-order valence-corrected chi connectivity index (χ4v) is 1.92. The molecule has 0 N–H and O–H groups in total. The highest BCUT2D eigenvalue weighted by atomic mass is 32.1. The number of hydrogen-bond acceptors (Lipinski definition) is 3. The first-order valence-corrected chi connectivity index (χ1v) is 7.15. The van der Waals surface area contributed by atoms with Crippen molar-refractivity contribution >= 4 is 22.2 Å². The topological polar surface area (TPSA) is 26.0 Å². The fraction of sp³-hybridized carbons (Fsp3) is 0. The van der Waals surface area contributed by atoms with Crippen LogP contribution in [0, 0.1) is 0 Å². The molecule has 0 unspecified atom stereocenters. The smallest absolute Gasteiger partial charge is 0.0902 e. The fourth-order valence-electron chi connectivity index (χ4n) is 1.47. The van der Waals surface area contributed by atoms with Gasteiger partial charge in [-0.05, 0) is 35.0 Å². The Kier molecular flexibility index (Phi) is 6.08. The average Bonchev–Trinajstić information content (AvgIpc) is 3.25. The average molecular weight is 281 g/mol. The number of aromatic nitrogens is 1. The summed E-state index contributed by atoms with van der Waals surface area (Å²) in [5.74, 6) is 0. The minimum atomic E-state index is 1.06. The molecule has 4 rings (SSSR count). The van der Waals surface area contributed by atoms with E-state index in [4.69, 9.17) is 0 Å². The Morgan fingerprint density at radius 1 is 0.750 bits per heavy atom. The summed E-state index contributed by atoms with van der Waals surface area (Å²) in [6.07, 6.45) is 5.06. The van der Waals surface area contributed by atoms with E-state index in [2.05, 4.69) is 21.5 Å². The molecule has 4 aromatic rings. The molecule has 3 heterocycles. The van der Waals surface area contributed by atoms with Crippen molar-refractivity contribution in [2.45, 2.75) is 0 Å². The molecule has 0 bridgehead atoms. The minimum absolute atomic E-state index is 1.06. The Labute approximate surface area is 122 Å². The van der Waals surface area contributed by atoms with E-state index in [1.165, 1.54) is 5.39 Å². The Balaban J connectivity index is 0.000000124. The molecule has 20 heavy (non-hydrogen) atoms. The monoisotopic (exact) mass is 281 g/mol. The summed E-state index contributed by atoms with van der Waals surface area (Å²) < 4.78 is 4.58. The van der Waals surface area contributed by atoms with Gasteiger partial charge in [-0.1, -0.05) is 36.4 Å². The molecule has 2 nitrogen and oxygen atoms in total. The van der Waals surface area contributed by atoms with E-state index in [9.17, 15) is 0 Å². The van der Waals surface area contributed by atoms with Crippen LogP contribution in [0.2, 0.25) is 0 Å². The minimum Gasteiger partial charge on any atom is -0.473 e. The number of nitrogens with zero attached hydrogens (tertiary/aromatic N) is 1. The van der Waals surface area contributed by atoms with Crippen molar-refractivity contribution in [1.82, 2.24) is 4.98 Å². The van der Waals surface area contributed by atoms with Gasteiger partial charge < -0.3 is 4.42 Å². The second-order valence-electron chi connectivity index (χ2n) is 3.78. The van der Waals surface area contributed by atoms with Crippen LogP contribution in [0.3, 0.4) is 0 Å². The quantitative estimate of drug-likeness (QED) is 0.439. The van der Waals surface area contributed by atoms with Gasteiger partial charge in [-0.2, -0.15) is 11.3 Å². The number of para-hydroxylation sites is 1. The SMILES string of the molecule is c1ccc2ncccc2c1.c1ccoc1.c1ccsc1. The lowest BCUT2D eigenvalue weighted by atomic mass is 10.2. The second kappa shape index (κ2) is 8.67. The number of benzene rings is 1. The number of thiophene rings is 1. The molecule has 1 aromatic carbocycles. The van der Waals surface area contributed by atoms with Gasteiger partial charge >= 0.3 is 0 Å². The highest BCUT2D eigenvalue weighted by Crippen LogP contribution is 2.07. The summed E-state index contributed by atoms with van der Waals surface area (Å²) in [5, 5.41) is 5.28. The van der Waals surface area contributed by atoms with Crippen molar-refractivity contribution in [3.63, 3.8) is 0 Å². The first-order valence-electron chi connectivity index (χ1n) is 6.21. The van der Waals surface area contributed by atoms with Gasteiger partial charge in [0.1, 0.15) is 0 Å². The second-order valence-corrected chi connectivity index (χ2v) is 4.60. The number of hydrogen-bond donors (Lipinski definition) is 0. The zero-order valence-corrected chi connectivity index (χ0v) is 11.7. The lowest BCUT2D eigenvalue weighted by molar-refractivity contribution is 0.567. The predicted molar refractivity (Wildman–Crippen MR) is 84.8 cm³/mol. The van der Waals surface area contributed by atoms with Crippen LogP contribution >= 0.6 is 11.3 Å². The highest BCUT2D eigenvalue weighted by Gasteiger charge is 1.86. The summed E-state index contributed by atoms with van der Waals surface area (Å²) in [4.78, 5) is 4.18. The van der Waals surface area contributed by atoms with Crippen LogP contribution in [0.5, 0.6) is 0 Å². The van der Waals surface area contributed by atoms with Crippen molar-refractivity contribution in [3.05, 3.63) is 90.1 Å².